The highest BCUT2D eigenvalue weighted by atomic mass is 16.3. The van der Waals surface area contributed by atoms with Gasteiger partial charge in [-0.3, -0.25) is 4.68 Å². The van der Waals surface area contributed by atoms with Gasteiger partial charge in [-0.1, -0.05) is 27.7 Å². The van der Waals surface area contributed by atoms with E-state index < -0.39 is 0 Å². The van der Waals surface area contributed by atoms with Gasteiger partial charge in [0.05, 0.1) is 12.8 Å². The summed E-state index contributed by atoms with van der Waals surface area (Å²) in [5, 5.41) is 12.3. The van der Waals surface area contributed by atoms with Crippen LogP contribution in [0.1, 0.15) is 33.3 Å². The molecule has 0 amide bonds. The van der Waals surface area contributed by atoms with Crippen LogP contribution in [0.2, 0.25) is 0 Å². The van der Waals surface area contributed by atoms with E-state index >= 15 is 0 Å². The number of hydrogen-bond acceptors (Lipinski definition) is 2. The molecule has 0 radical (unpaired) electrons. The van der Waals surface area contributed by atoms with Gasteiger partial charge < -0.3 is 5.11 Å². The fraction of sp³-hybridized carbons (Fsp3) is 0.667. The Balaban J connectivity index is 0. The Morgan fingerprint density at radius 2 is 1.83 bits per heavy atom. The summed E-state index contributed by atoms with van der Waals surface area (Å²) >= 11 is 0. The number of aromatic nitrogens is 2. The van der Waals surface area contributed by atoms with Crippen molar-refractivity contribution >= 4 is 0 Å². The molecule has 0 saturated carbocycles. The van der Waals surface area contributed by atoms with Crippen molar-refractivity contribution in [3.05, 3.63) is 18.0 Å². The predicted octanol–water partition coefficient (Wildman–Crippen LogP) is 1.96. The fourth-order valence-electron chi connectivity index (χ4n) is 0.554. The minimum Gasteiger partial charge on any atom is -0.392 e. The van der Waals surface area contributed by atoms with Crippen molar-refractivity contribution in [2.24, 2.45) is 7.05 Å². The number of aliphatic hydroxyl groups is 1. The molecule has 72 valence electrons. The second kappa shape index (κ2) is 10.2. The topological polar surface area (TPSA) is 38.0 Å². The smallest absolute Gasteiger partial charge is 0.0712 e. The zero-order chi connectivity index (χ0) is 9.98. The maximum Gasteiger partial charge on any atom is 0.0712 e. The minimum atomic E-state index is 0.0772. The molecule has 0 aliphatic rings. The molecule has 0 aliphatic heterocycles. The van der Waals surface area contributed by atoms with Gasteiger partial charge in [0.1, 0.15) is 0 Å². The van der Waals surface area contributed by atoms with Gasteiger partial charge in [-0.25, -0.2) is 0 Å². The second-order valence-corrected chi connectivity index (χ2v) is 1.68. The van der Waals surface area contributed by atoms with Crippen molar-refractivity contribution in [2.75, 3.05) is 0 Å². The molecule has 0 fully saturated rings. The van der Waals surface area contributed by atoms with E-state index in [9.17, 15) is 0 Å². The summed E-state index contributed by atoms with van der Waals surface area (Å²) < 4.78 is 1.66. The number of aliphatic hydroxyl groups excluding tert-OH is 1. The third kappa shape index (κ3) is 5.92. The molecule has 0 bridgehead atoms. The van der Waals surface area contributed by atoms with Crippen molar-refractivity contribution in [3.8, 4) is 0 Å². The van der Waals surface area contributed by atoms with Crippen LogP contribution in [-0.2, 0) is 13.7 Å². The van der Waals surface area contributed by atoms with Crippen molar-refractivity contribution in [3.63, 3.8) is 0 Å². The summed E-state index contributed by atoms with van der Waals surface area (Å²) in [5.41, 5.74) is 0.854. The summed E-state index contributed by atoms with van der Waals surface area (Å²) in [7, 11) is 1.82. The Kier molecular flexibility index (Phi) is 11.6. The summed E-state index contributed by atoms with van der Waals surface area (Å²) in [4.78, 5) is 0. The van der Waals surface area contributed by atoms with Gasteiger partial charge >= 0.3 is 0 Å². The van der Waals surface area contributed by atoms with Crippen LogP contribution < -0.4 is 0 Å². The summed E-state index contributed by atoms with van der Waals surface area (Å²) in [6.07, 6.45) is 3.42. The van der Waals surface area contributed by atoms with E-state index in [1.165, 1.54) is 0 Å². The van der Waals surface area contributed by atoms with Crippen molar-refractivity contribution in [1.29, 1.82) is 0 Å². The first-order valence-corrected chi connectivity index (χ1v) is 4.41. The average Bonchev–Trinajstić information content (AvgIpc) is 2.58. The predicted molar refractivity (Wildman–Crippen MR) is 51.8 cm³/mol. The van der Waals surface area contributed by atoms with Crippen molar-refractivity contribution in [1.82, 2.24) is 9.78 Å². The van der Waals surface area contributed by atoms with E-state index in [0.29, 0.717) is 0 Å². The molecule has 1 heterocycles. The Bertz CT molecular complexity index is 173. The number of hydrogen-bond donors (Lipinski definition) is 1. The monoisotopic (exact) mass is 172 g/mol. The molecule has 1 aromatic rings. The molecule has 12 heavy (non-hydrogen) atoms. The SMILES string of the molecule is CC.CC.Cn1cc(CO)cn1. The van der Waals surface area contributed by atoms with Crippen molar-refractivity contribution < 1.29 is 5.11 Å². The molecule has 0 aliphatic carbocycles. The molecule has 1 rings (SSSR count). The van der Waals surface area contributed by atoms with Crippen LogP contribution in [0.3, 0.4) is 0 Å². The zero-order valence-electron chi connectivity index (χ0n) is 8.70. The first kappa shape index (κ1) is 13.7. The molecular weight excluding hydrogens is 152 g/mol. The highest BCUT2D eigenvalue weighted by Gasteiger charge is 1.89. The van der Waals surface area contributed by atoms with Crippen LogP contribution in [0.15, 0.2) is 12.4 Å². The molecule has 0 saturated heterocycles. The molecule has 0 aromatic carbocycles. The maximum atomic E-state index is 8.50. The van der Waals surface area contributed by atoms with E-state index in [1.54, 1.807) is 17.1 Å². The maximum absolute atomic E-state index is 8.50. The third-order valence-corrected chi connectivity index (χ3v) is 0.941. The lowest BCUT2D eigenvalue weighted by Gasteiger charge is -1.81. The average molecular weight is 172 g/mol. The van der Waals surface area contributed by atoms with Crippen LogP contribution in [0.25, 0.3) is 0 Å². The lowest BCUT2D eigenvalue weighted by molar-refractivity contribution is 0.281. The van der Waals surface area contributed by atoms with Crippen LogP contribution in [0.5, 0.6) is 0 Å². The molecule has 3 heteroatoms. The quantitative estimate of drug-likeness (QED) is 0.703. The standard InChI is InChI=1S/C5H8N2O.2C2H6/c1-7-3-5(4-8)2-6-7;2*1-2/h2-3,8H,4H2,1H3;2*1-2H3. The Morgan fingerprint density at radius 1 is 1.33 bits per heavy atom. The molecule has 1 aromatic heterocycles. The Labute approximate surface area is 75.0 Å². The van der Waals surface area contributed by atoms with Gasteiger partial charge in [-0.2, -0.15) is 5.10 Å². The molecule has 3 nitrogen and oxygen atoms in total. The van der Waals surface area contributed by atoms with Crippen LogP contribution in [0, 0.1) is 0 Å². The zero-order valence-corrected chi connectivity index (χ0v) is 8.70. The molecule has 1 N–H and O–H groups in total. The van der Waals surface area contributed by atoms with Crippen LogP contribution in [0.4, 0.5) is 0 Å². The first-order chi connectivity index (χ1) is 5.83. The van der Waals surface area contributed by atoms with Crippen LogP contribution >= 0.6 is 0 Å². The normalized spacial score (nSPS) is 7.50. The van der Waals surface area contributed by atoms with Gasteiger partial charge in [-0.15, -0.1) is 0 Å². The van der Waals surface area contributed by atoms with Crippen LogP contribution in [-0.4, -0.2) is 14.9 Å². The highest BCUT2D eigenvalue weighted by Crippen LogP contribution is 1.92. The van der Waals surface area contributed by atoms with E-state index in [-0.39, 0.29) is 6.61 Å². The van der Waals surface area contributed by atoms with Gasteiger partial charge in [-0.05, 0) is 0 Å². The van der Waals surface area contributed by atoms with Gasteiger partial charge in [0.15, 0.2) is 0 Å². The summed E-state index contributed by atoms with van der Waals surface area (Å²) in [6.45, 7) is 8.08. The van der Waals surface area contributed by atoms with Gasteiger partial charge in [0, 0.05) is 18.8 Å². The van der Waals surface area contributed by atoms with E-state index in [1.807, 2.05) is 34.7 Å². The van der Waals surface area contributed by atoms with Crippen molar-refractivity contribution in [2.45, 2.75) is 34.3 Å². The number of aryl methyl sites for hydroxylation is 1. The lowest BCUT2D eigenvalue weighted by Crippen LogP contribution is -1.84. The van der Waals surface area contributed by atoms with Gasteiger partial charge in [0.25, 0.3) is 0 Å². The Morgan fingerprint density at radius 3 is 2.00 bits per heavy atom. The van der Waals surface area contributed by atoms with E-state index in [0.717, 1.165) is 5.56 Å². The van der Waals surface area contributed by atoms with E-state index in [4.69, 9.17) is 5.11 Å². The lowest BCUT2D eigenvalue weighted by atomic mass is 10.4. The third-order valence-electron chi connectivity index (χ3n) is 0.941. The van der Waals surface area contributed by atoms with Gasteiger partial charge in [0.2, 0.25) is 0 Å². The number of nitrogens with zero attached hydrogens (tertiary/aromatic N) is 2. The molecule has 0 atom stereocenters. The second-order valence-electron chi connectivity index (χ2n) is 1.68. The fourth-order valence-corrected chi connectivity index (χ4v) is 0.554. The molecule has 0 spiro atoms. The molecular formula is C9H20N2O. The van der Waals surface area contributed by atoms with E-state index in [2.05, 4.69) is 5.10 Å². The number of rotatable bonds is 1. The minimum absolute atomic E-state index is 0.0772. The largest absolute Gasteiger partial charge is 0.392 e. The summed E-state index contributed by atoms with van der Waals surface area (Å²) in [5.74, 6) is 0. The summed E-state index contributed by atoms with van der Waals surface area (Å²) in [6, 6.07) is 0. The first-order valence-electron chi connectivity index (χ1n) is 4.41. The molecule has 0 unspecified atom stereocenters. The highest BCUT2D eigenvalue weighted by molar-refractivity contribution is 5.00. The Hall–Kier alpha value is -0.830.